The normalized spacial score (nSPS) is 15.2. The van der Waals surface area contributed by atoms with Gasteiger partial charge in [0.25, 0.3) is 0 Å². The average molecular weight is 407 g/mol. The number of carbonyl (C=O) groups is 2. The lowest BCUT2D eigenvalue weighted by molar-refractivity contribution is -0.133. The molecule has 1 amide bonds. The first-order valence-electron chi connectivity index (χ1n) is 9.67. The second kappa shape index (κ2) is 8.81. The van der Waals surface area contributed by atoms with Crippen LogP contribution in [0.15, 0.2) is 17.2 Å². The van der Waals surface area contributed by atoms with Crippen LogP contribution in [0.1, 0.15) is 50.0 Å². The first-order chi connectivity index (χ1) is 13.4. The number of hydrogen-bond acceptors (Lipinski definition) is 5. The Morgan fingerprint density at radius 1 is 1.29 bits per heavy atom. The summed E-state index contributed by atoms with van der Waals surface area (Å²) < 4.78 is 8.40. The second-order valence-electron chi connectivity index (χ2n) is 7.26. The van der Waals surface area contributed by atoms with Crippen molar-refractivity contribution in [1.29, 1.82) is 0 Å². The molecule has 1 aliphatic rings. The molecule has 2 aromatic heterocycles. The van der Waals surface area contributed by atoms with Gasteiger partial charge in [-0.3, -0.25) is 14.4 Å². The van der Waals surface area contributed by atoms with Crippen molar-refractivity contribution in [2.45, 2.75) is 46.1 Å². The van der Waals surface area contributed by atoms with Gasteiger partial charge in [0, 0.05) is 25.5 Å². The fourth-order valence-corrected chi connectivity index (χ4v) is 3.43. The lowest BCUT2D eigenvalue weighted by atomic mass is 9.99. The summed E-state index contributed by atoms with van der Waals surface area (Å²) in [7, 11) is 0. The predicted octanol–water partition coefficient (Wildman–Crippen LogP) is 2.00. The fourth-order valence-electron chi connectivity index (χ4n) is 3.28. The van der Waals surface area contributed by atoms with Gasteiger partial charge in [-0.25, -0.2) is 9.38 Å². The number of carbonyl (C=O) groups excluding carboxylic acids is 2. The van der Waals surface area contributed by atoms with E-state index >= 15 is 0 Å². The zero-order chi connectivity index (χ0) is 20.3. The van der Waals surface area contributed by atoms with Gasteiger partial charge < -0.3 is 14.2 Å². The third-order valence-corrected chi connectivity index (χ3v) is 5.31. The molecular weight excluding hydrogens is 380 g/mol. The Morgan fingerprint density at radius 2 is 2.00 bits per heavy atom. The molecule has 28 heavy (non-hydrogen) atoms. The van der Waals surface area contributed by atoms with Gasteiger partial charge in [0.15, 0.2) is 5.69 Å². The predicted molar refractivity (Wildman–Crippen MR) is 108 cm³/mol. The number of nitrogens with zero attached hydrogens (tertiary/aromatic N) is 4. The van der Waals surface area contributed by atoms with E-state index in [-0.39, 0.29) is 29.7 Å². The number of piperidine rings is 1. The number of fused-ring (bicyclic) bond motifs is 1. The van der Waals surface area contributed by atoms with Gasteiger partial charge >= 0.3 is 5.56 Å². The van der Waals surface area contributed by atoms with Gasteiger partial charge in [0.05, 0.1) is 6.61 Å². The summed E-state index contributed by atoms with van der Waals surface area (Å²) in [5, 5.41) is -0.643. The zero-order valence-corrected chi connectivity index (χ0v) is 17.2. The first kappa shape index (κ1) is 20.4. The molecule has 9 heteroatoms. The fraction of sp³-hybridized carbons (Fsp3) is 0.579. The number of likely N-dealkylation sites (tertiary alicyclic amines) is 1. The summed E-state index contributed by atoms with van der Waals surface area (Å²) in [6.45, 7) is 6.05. The molecule has 1 saturated heterocycles. The Morgan fingerprint density at radius 3 is 2.64 bits per heavy atom. The molecule has 0 unspecified atom stereocenters. The van der Waals surface area contributed by atoms with Crippen molar-refractivity contribution in [2.24, 2.45) is 5.92 Å². The van der Waals surface area contributed by atoms with Crippen LogP contribution in [0.5, 0.6) is 5.75 Å². The molecule has 0 saturated carbocycles. The molecule has 8 nitrogen and oxygen atoms in total. The third kappa shape index (κ3) is 4.24. The van der Waals surface area contributed by atoms with Crippen LogP contribution in [0.3, 0.4) is 0 Å². The lowest BCUT2D eigenvalue weighted by Gasteiger charge is -2.30. The minimum atomic E-state index is -0.643. The first-order valence-corrected chi connectivity index (χ1v) is 10.1. The Balaban J connectivity index is 1.90. The van der Waals surface area contributed by atoms with Crippen LogP contribution < -0.4 is 10.3 Å². The van der Waals surface area contributed by atoms with E-state index in [1.54, 1.807) is 10.8 Å². The van der Waals surface area contributed by atoms with E-state index in [1.165, 1.54) is 10.6 Å². The van der Waals surface area contributed by atoms with Crippen molar-refractivity contribution >= 4 is 29.4 Å². The van der Waals surface area contributed by atoms with Crippen LogP contribution in [-0.2, 0) is 11.3 Å². The van der Waals surface area contributed by atoms with Crippen LogP contribution in [0, 0.1) is 5.92 Å². The maximum Gasteiger partial charge on any atom is 0.302 e. The smallest absolute Gasteiger partial charge is 0.302 e. The lowest BCUT2D eigenvalue weighted by Crippen LogP contribution is -2.39. The SMILES string of the molecule is CCCCOc1c(C(=O)S)nc2n(CC(=O)N3CCC(C)CC3)ccn2c1=O. The molecule has 3 rings (SSSR count). The minimum Gasteiger partial charge on any atom is -0.486 e. The summed E-state index contributed by atoms with van der Waals surface area (Å²) in [4.78, 5) is 43.5. The van der Waals surface area contributed by atoms with E-state index in [2.05, 4.69) is 24.5 Å². The highest BCUT2D eigenvalue weighted by atomic mass is 32.1. The average Bonchev–Trinajstić information content (AvgIpc) is 3.06. The van der Waals surface area contributed by atoms with E-state index in [1.807, 2.05) is 11.8 Å². The van der Waals surface area contributed by atoms with Crippen molar-refractivity contribution in [3.05, 3.63) is 28.4 Å². The monoisotopic (exact) mass is 406 g/mol. The molecule has 0 aromatic carbocycles. The number of amides is 1. The number of unbranched alkanes of at least 4 members (excludes halogenated alkanes) is 1. The van der Waals surface area contributed by atoms with Crippen LogP contribution in [0.4, 0.5) is 0 Å². The van der Waals surface area contributed by atoms with Gasteiger partial charge in [-0.05, 0) is 25.2 Å². The Hall–Kier alpha value is -2.29. The molecule has 3 heterocycles. The molecule has 0 radical (unpaired) electrons. The summed E-state index contributed by atoms with van der Waals surface area (Å²) in [6, 6.07) is 0. The standard InChI is InChI=1S/C19H26N4O4S/c1-3-4-11-27-16-15(18(26)28)20-19-22(9-10-23(19)17(16)25)12-14(24)21-7-5-13(2)6-8-21/h9-10,13H,3-8,11-12H2,1-2H3,(H,26,28). The Bertz CT molecular complexity index is 928. The van der Waals surface area contributed by atoms with E-state index in [9.17, 15) is 14.4 Å². The van der Waals surface area contributed by atoms with E-state index in [0.717, 1.165) is 38.8 Å². The molecule has 0 bridgehead atoms. The van der Waals surface area contributed by atoms with Crippen LogP contribution in [-0.4, -0.2) is 49.6 Å². The van der Waals surface area contributed by atoms with Crippen LogP contribution >= 0.6 is 12.6 Å². The summed E-state index contributed by atoms with van der Waals surface area (Å²) in [5.74, 6) is 0.733. The topological polar surface area (TPSA) is 85.9 Å². The maximum atomic E-state index is 12.8. The number of ether oxygens (including phenoxy) is 1. The summed E-state index contributed by atoms with van der Waals surface area (Å²) in [6.07, 6.45) is 6.80. The molecular formula is C19H26N4O4S. The number of thiol groups is 1. The van der Waals surface area contributed by atoms with Gasteiger partial charge in [-0.2, -0.15) is 0 Å². The second-order valence-corrected chi connectivity index (χ2v) is 7.67. The largest absolute Gasteiger partial charge is 0.486 e. The number of rotatable bonds is 7. The highest BCUT2D eigenvalue weighted by Crippen LogP contribution is 2.18. The van der Waals surface area contributed by atoms with Gasteiger partial charge in [0.2, 0.25) is 22.5 Å². The van der Waals surface area contributed by atoms with E-state index in [0.29, 0.717) is 12.5 Å². The third-order valence-electron chi connectivity index (χ3n) is 5.10. The van der Waals surface area contributed by atoms with Crippen LogP contribution in [0.2, 0.25) is 0 Å². The van der Waals surface area contributed by atoms with Crippen molar-refractivity contribution in [3.8, 4) is 5.75 Å². The number of aromatic nitrogens is 3. The van der Waals surface area contributed by atoms with Crippen molar-refractivity contribution < 1.29 is 14.3 Å². The Kier molecular flexibility index (Phi) is 6.43. The molecule has 0 aliphatic carbocycles. The van der Waals surface area contributed by atoms with Crippen molar-refractivity contribution in [1.82, 2.24) is 18.9 Å². The highest BCUT2D eigenvalue weighted by molar-refractivity contribution is 7.97. The van der Waals surface area contributed by atoms with Crippen molar-refractivity contribution in [2.75, 3.05) is 19.7 Å². The quantitative estimate of drug-likeness (QED) is 0.562. The van der Waals surface area contributed by atoms with Gasteiger partial charge in [-0.1, -0.05) is 32.9 Å². The maximum absolute atomic E-state index is 12.8. The zero-order valence-electron chi connectivity index (χ0n) is 16.3. The molecule has 2 aromatic rings. The van der Waals surface area contributed by atoms with Gasteiger partial charge in [-0.15, -0.1) is 0 Å². The molecule has 0 spiro atoms. The number of imidazole rings is 1. The van der Waals surface area contributed by atoms with E-state index < -0.39 is 10.7 Å². The summed E-state index contributed by atoms with van der Waals surface area (Å²) >= 11 is 3.84. The molecule has 152 valence electrons. The van der Waals surface area contributed by atoms with Crippen molar-refractivity contribution in [3.63, 3.8) is 0 Å². The molecule has 1 fully saturated rings. The molecule has 0 atom stereocenters. The summed E-state index contributed by atoms with van der Waals surface area (Å²) in [5.41, 5.74) is -0.597. The molecule has 0 N–H and O–H groups in total. The molecule has 1 aliphatic heterocycles. The number of hydrogen-bond donors (Lipinski definition) is 1. The highest BCUT2D eigenvalue weighted by Gasteiger charge is 2.23. The van der Waals surface area contributed by atoms with Gasteiger partial charge in [0.1, 0.15) is 6.54 Å². The van der Waals surface area contributed by atoms with Crippen LogP contribution in [0.25, 0.3) is 5.78 Å². The Labute approximate surface area is 168 Å². The van der Waals surface area contributed by atoms with E-state index in [4.69, 9.17) is 4.74 Å². The minimum absolute atomic E-state index is 0.0266.